The van der Waals surface area contributed by atoms with Gasteiger partial charge in [-0.05, 0) is 129 Å². The van der Waals surface area contributed by atoms with Crippen molar-refractivity contribution in [3.8, 4) is 0 Å². The Morgan fingerprint density at radius 1 is 0.857 bits per heavy atom. The summed E-state index contributed by atoms with van der Waals surface area (Å²) >= 11 is 0. The fourth-order valence-electron chi connectivity index (χ4n) is 11.3. The summed E-state index contributed by atoms with van der Waals surface area (Å²) in [7, 11) is 0. The molecule has 10 heteroatoms. The van der Waals surface area contributed by atoms with Crippen LogP contribution in [0.4, 0.5) is 5.69 Å². The highest BCUT2D eigenvalue weighted by atomic mass is 16.5. The van der Waals surface area contributed by atoms with Crippen LogP contribution >= 0.6 is 0 Å². The Kier molecular flexibility index (Phi) is 15.6. The van der Waals surface area contributed by atoms with Gasteiger partial charge in [0.05, 0.1) is 19.3 Å². The molecule has 1 aromatic rings. The number of aliphatic hydroxyl groups excluding tert-OH is 1. The van der Waals surface area contributed by atoms with Crippen molar-refractivity contribution in [3.05, 3.63) is 41.5 Å². The zero-order valence-corrected chi connectivity index (χ0v) is 35.2. The first-order chi connectivity index (χ1) is 26.7. The molecular weight excluding hydrogens is 705 g/mol. The zero-order valence-electron chi connectivity index (χ0n) is 35.2. The van der Waals surface area contributed by atoms with Crippen LogP contribution in [-0.4, -0.2) is 60.6 Å². The minimum absolute atomic E-state index is 0.0218. The van der Waals surface area contributed by atoms with E-state index >= 15 is 0 Å². The van der Waals surface area contributed by atoms with Crippen molar-refractivity contribution in [2.45, 2.75) is 150 Å². The van der Waals surface area contributed by atoms with Crippen LogP contribution < -0.4 is 21.3 Å². The average Bonchev–Trinajstić information content (AvgIpc) is 3.53. The second kappa shape index (κ2) is 20.0. The second-order valence-electron chi connectivity index (χ2n) is 18.6. The van der Waals surface area contributed by atoms with Crippen LogP contribution in [0.15, 0.2) is 35.9 Å². The Morgan fingerprint density at radius 3 is 2.34 bits per heavy atom. The normalized spacial score (nSPS) is 29.2. The highest BCUT2D eigenvalue weighted by molar-refractivity contribution is 5.96. The van der Waals surface area contributed by atoms with Gasteiger partial charge in [0.15, 0.2) is 0 Å². The number of nitrogens with one attached hydrogen (secondary N) is 4. The van der Waals surface area contributed by atoms with Gasteiger partial charge in [0, 0.05) is 31.7 Å². The summed E-state index contributed by atoms with van der Waals surface area (Å²) in [5.41, 5.74) is 3.72. The van der Waals surface area contributed by atoms with Gasteiger partial charge in [0.2, 0.25) is 23.6 Å². The first-order valence-corrected chi connectivity index (χ1v) is 21.9. The lowest BCUT2D eigenvalue weighted by Crippen LogP contribution is -2.51. The zero-order chi connectivity index (χ0) is 40.5. The van der Waals surface area contributed by atoms with Crippen molar-refractivity contribution < 1.29 is 29.0 Å². The lowest BCUT2D eigenvalue weighted by atomic mass is 9.47. The fourth-order valence-corrected chi connectivity index (χ4v) is 11.3. The molecular formula is C46H72N4O6. The Hall–Kier alpha value is -3.24. The molecule has 9 atom stereocenters. The van der Waals surface area contributed by atoms with E-state index in [1.807, 2.05) is 0 Å². The van der Waals surface area contributed by atoms with Gasteiger partial charge in [-0.3, -0.25) is 19.2 Å². The van der Waals surface area contributed by atoms with Crippen LogP contribution in [-0.2, 0) is 30.5 Å². The lowest BCUT2D eigenvalue weighted by Gasteiger charge is -2.58. The Morgan fingerprint density at radius 2 is 1.61 bits per heavy atom. The molecule has 1 aromatic carbocycles. The maximum Gasteiger partial charge on any atom is 0.243 e. The number of carbonyl (C=O) groups is 4. The number of carbonyl (C=O) groups excluding carboxylic acids is 4. The van der Waals surface area contributed by atoms with Crippen molar-refractivity contribution in [1.29, 1.82) is 0 Å². The lowest BCUT2D eigenvalue weighted by molar-refractivity contribution is -0.130. The summed E-state index contributed by atoms with van der Waals surface area (Å²) < 4.78 is 6.38. The van der Waals surface area contributed by atoms with E-state index in [-0.39, 0.29) is 38.0 Å². The molecule has 0 aromatic heterocycles. The summed E-state index contributed by atoms with van der Waals surface area (Å²) in [6.07, 6.45) is 17.9. The van der Waals surface area contributed by atoms with Crippen LogP contribution in [0.5, 0.6) is 0 Å². The quantitative estimate of drug-likeness (QED) is 0.0729. The smallest absolute Gasteiger partial charge is 0.243 e. The predicted octanol–water partition coefficient (Wildman–Crippen LogP) is 7.45. The van der Waals surface area contributed by atoms with E-state index in [0.29, 0.717) is 36.1 Å². The third kappa shape index (κ3) is 11.0. The number of fused-ring (bicyclic) bond motifs is 5. The minimum Gasteiger partial charge on any atom is -0.392 e. The Bertz CT molecular complexity index is 1530. The van der Waals surface area contributed by atoms with E-state index in [4.69, 9.17) is 9.84 Å². The van der Waals surface area contributed by atoms with Gasteiger partial charge < -0.3 is 31.1 Å². The SMILES string of the molecule is CC(C)CCC[C@@H](C)[C@H]1CC[C@H]2[C@@H]3CC=C4C[C@@H](OCCCNC(=O)CCC(=O)N[C@@H](C)C(=O)NCC(=O)Nc5ccc(CO)cc5)CC[C@]4(C)[C@H]3CC[C@]12C. The molecule has 0 aliphatic heterocycles. The number of ether oxygens (including phenoxy) is 1. The molecule has 0 unspecified atom stereocenters. The van der Waals surface area contributed by atoms with Crippen LogP contribution in [0.3, 0.4) is 0 Å². The number of anilines is 1. The maximum absolute atomic E-state index is 12.4. The van der Waals surface area contributed by atoms with E-state index in [9.17, 15) is 19.2 Å². The first kappa shape index (κ1) is 43.9. The largest absolute Gasteiger partial charge is 0.392 e. The number of hydrogen-bond acceptors (Lipinski definition) is 6. The number of allylic oxidation sites excluding steroid dienone is 1. The van der Waals surface area contributed by atoms with Gasteiger partial charge in [0.25, 0.3) is 0 Å². The highest BCUT2D eigenvalue weighted by Crippen LogP contribution is 2.67. The van der Waals surface area contributed by atoms with Crippen molar-refractivity contribution in [3.63, 3.8) is 0 Å². The monoisotopic (exact) mass is 777 g/mol. The molecule has 0 heterocycles. The second-order valence-corrected chi connectivity index (χ2v) is 18.6. The molecule has 3 saturated carbocycles. The van der Waals surface area contributed by atoms with Crippen LogP contribution in [0.1, 0.15) is 137 Å². The third-order valence-electron chi connectivity index (χ3n) is 14.5. The van der Waals surface area contributed by atoms with E-state index in [1.165, 1.54) is 64.7 Å². The molecule has 56 heavy (non-hydrogen) atoms. The summed E-state index contributed by atoms with van der Waals surface area (Å²) in [6.45, 7) is 14.8. The van der Waals surface area contributed by atoms with Crippen molar-refractivity contribution >= 4 is 29.3 Å². The van der Waals surface area contributed by atoms with E-state index < -0.39 is 23.8 Å². The summed E-state index contributed by atoms with van der Waals surface area (Å²) in [5.74, 6) is 3.50. The number of amides is 4. The van der Waals surface area contributed by atoms with Gasteiger partial charge in [0.1, 0.15) is 6.04 Å². The minimum atomic E-state index is -0.862. The maximum atomic E-state index is 12.4. The van der Waals surface area contributed by atoms with E-state index in [1.54, 1.807) is 29.8 Å². The van der Waals surface area contributed by atoms with Gasteiger partial charge in [-0.25, -0.2) is 0 Å². The van der Waals surface area contributed by atoms with Crippen LogP contribution in [0.25, 0.3) is 0 Å². The van der Waals surface area contributed by atoms with E-state index in [0.717, 1.165) is 53.9 Å². The highest BCUT2D eigenvalue weighted by Gasteiger charge is 2.59. The van der Waals surface area contributed by atoms with E-state index in [2.05, 4.69) is 62.0 Å². The molecule has 5 N–H and O–H groups in total. The first-order valence-electron chi connectivity index (χ1n) is 21.9. The molecule has 3 fully saturated rings. The molecule has 0 radical (unpaired) electrons. The number of rotatable bonds is 19. The fraction of sp³-hybridized carbons (Fsp3) is 0.739. The molecule has 4 amide bonds. The van der Waals surface area contributed by atoms with Crippen molar-refractivity contribution in [2.24, 2.45) is 46.3 Å². The van der Waals surface area contributed by atoms with Gasteiger partial charge in [-0.15, -0.1) is 0 Å². The molecule has 0 spiro atoms. The van der Waals surface area contributed by atoms with Crippen molar-refractivity contribution in [2.75, 3.05) is 25.0 Å². The Balaban J connectivity index is 0.947. The van der Waals surface area contributed by atoms with Gasteiger partial charge in [-0.2, -0.15) is 0 Å². The average molecular weight is 777 g/mol. The van der Waals surface area contributed by atoms with Gasteiger partial charge in [-0.1, -0.05) is 77.7 Å². The topological polar surface area (TPSA) is 146 Å². The molecule has 312 valence electrons. The number of aliphatic hydroxyl groups is 1. The van der Waals surface area contributed by atoms with Gasteiger partial charge >= 0.3 is 0 Å². The Labute approximate surface area is 336 Å². The predicted molar refractivity (Wildman–Crippen MR) is 221 cm³/mol. The van der Waals surface area contributed by atoms with Crippen LogP contribution in [0.2, 0.25) is 0 Å². The standard InChI is InChI=1S/C46H72N4O6/c1-30(2)9-7-10-31(3)38-17-18-39-37-16-13-34-27-36(21-23-45(34,5)40(37)22-24-46(38,39)6)56-26-8-25-47-41(52)19-20-42(53)49-32(4)44(55)48-28-43(54)50-35-14-11-33(29-51)12-15-35/h11-15,30-32,36-40,51H,7-10,16-29H2,1-6H3,(H,47,52)(H,48,55)(H,49,53)(H,50,54)/t31-,32+,36+,37+,38-,39+,40+,45+,46-/m1/s1. The third-order valence-corrected chi connectivity index (χ3v) is 14.5. The summed E-state index contributed by atoms with van der Waals surface area (Å²) in [5, 5.41) is 19.8. The summed E-state index contributed by atoms with van der Waals surface area (Å²) in [4.78, 5) is 49.4. The number of benzene rings is 1. The molecule has 4 aliphatic rings. The molecule has 10 nitrogen and oxygen atoms in total. The number of hydrogen-bond donors (Lipinski definition) is 5. The van der Waals surface area contributed by atoms with Crippen LogP contribution in [0, 0.1) is 46.3 Å². The summed E-state index contributed by atoms with van der Waals surface area (Å²) in [6, 6.07) is 5.84. The molecule has 0 bridgehead atoms. The molecule has 5 rings (SSSR count). The molecule has 4 aliphatic carbocycles. The van der Waals surface area contributed by atoms with Crippen molar-refractivity contribution in [1.82, 2.24) is 16.0 Å². The molecule has 0 saturated heterocycles.